The van der Waals surface area contributed by atoms with Crippen molar-refractivity contribution in [3.63, 3.8) is 0 Å². The van der Waals surface area contributed by atoms with Gasteiger partial charge in [0.15, 0.2) is 11.8 Å². The third-order valence-electron chi connectivity index (χ3n) is 2.98. The van der Waals surface area contributed by atoms with Gasteiger partial charge in [0.2, 0.25) is 0 Å². The summed E-state index contributed by atoms with van der Waals surface area (Å²) < 4.78 is 0. The van der Waals surface area contributed by atoms with E-state index in [-0.39, 0.29) is 6.54 Å². The summed E-state index contributed by atoms with van der Waals surface area (Å²) in [5, 5.41) is 9.37. The SMILES string of the molecule is CCCN=C1Nc2c(NC)nc(CN)nc2C(C)(N)N1. The quantitative estimate of drug-likeness (QED) is 0.520. The molecule has 20 heavy (non-hydrogen) atoms. The maximum atomic E-state index is 6.31. The molecule has 1 unspecified atom stereocenters. The molecule has 0 radical (unpaired) electrons. The molecule has 0 saturated heterocycles. The summed E-state index contributed by atoms with van der Waals surface area (Å²) in [6.45, 7) is 4.89. The van der Waals surface area contributed by atoms with E-state index in [2.05, 4.69) is 37.8 Å². The molecule has 1 atom stereocenters. The van der Waals surface area contributed by atoms with E-state index in [0.717, 1.165) is 18.7 Å². The Morgan fingerprint density at radius 2 is 2.15 bits per heavy atom. The lowest BCUT2D eigenvalue weighted by molar-refractivity contribution is 0.433. The van der Waals surface area contributed by atoms with Crippen LogP contribution in [-0.2, 0) is 12.2 Å². The first-order valence-electron chi connectivity index (χ1n) is 6.69. The van der Waals surface area contributed by atoms with Crippen LogP contribution in [-0.4, -0.2) is 29.5 Å². The minimum atomic E-state index is -0.828. The summed E-state index contributed by atoms with van der Waals surface area (Å²) in [5.41, 5.74) is 12.5. The molecule has 1 aromatic rings. The molecule has 0 aromatic carbocycles. The zero-order valence-corrected chi connectivity index (χ0v) is 12.1. The number of guanidine groups is 1. The summed E-state index contributed by atoms with van der Waals surface area (Å²) in [4.78, 5) is 13.2. The standard InChI is InChI=1S/C12H22N8/c1-4-5-16-11-19-8-9(12(2,14)20-11)17-7(6-13)18-10(8)15-3/h4-6,13-14H2,1-3H3,(H,15,17,18)(H2,16,19,20). The molecule has 8 heteroatoms. The Labute approximate surface area is 118 Å². The van der Waals surface area contributed by atoms with E-state index in [4.69, 9.17) is 11.5 Å². The number of nitrogens with zero attached hydrogens (tertiary/aromatic N) is 3. The Balaban J connectivity index is 2.50. The molecule has 110 valence electrons. The highest BCUT2D eigenvalue weighted by Crippen LogP contribution is 2.31. The lowest BCUT2D eigenvalue weighted by atomic mass is 10.1. The van der Waals surface area contributed by atoms with Crippen molar-refractivity contribution in [1.82, 2.24) is 15.3 Å². The highest BCUT2D eigenvalue weighted by molar-refractivity contribution is 5.99. The zero-order valence-electron chi connectivity index (χ0n) is 12.1. The lowest BCUT2D eigenvalue weighted by Crippen LogP contribution is -2.57. The van der Waals surface area contributed by atoms with E-state index in [9.17, 15) is 0 Å². The minimum Gasteiger partial charge on any atom is -0.371 e. The molecule has 0 amide bonds. The van der Waals surface area contributed by atoms with Crippen LogP contribution in [0.25, 0.3) is 0 Å². The van der Waals surface area contributed by atoms with E-state index in [1.807, 2.05) is 6.92 Å². The fraction of sp³-hybridized carbons (Fsp3) is 0.583. The van der Waals surface area contributed by atoms with Crippen LogP contribution >= 0.6 is 0 Å². The van der Waals surface area contributed by atoms with E-state index in [0.29, 0.717) is 23.3 Å². The maximum Gasteiger partial charge on any atom is 0.197 e. The van der Waals surface area contributed by atoms with E-state index < -0.39 is 5.66 Å². The number of nitrogens with one attached hydrogen (secondary N) is 3. The largest absolute Gasteiger partial charge is 0.371 e. The molecule has 0 aliphatic carbocycles. The molecular formula is C12H22N8. The smallest absolute Gasteiger partial charge is 0.197 e. The molecule has 0 spiro atoms. The first-order chi connectivity index (χ1) is 9.51. The van der Waals surface area contributed by atoms with Crippen molar-refractivity contribution in [2.24, 2.45) is 16.5 Å². The van der Waals surface area contributed by atoms with Gasteiger partial charge in [0, 0.05) is 13.6 Å². The first kappa shape index (κ1) is 14.5. The van der Waals surface area contributed by atoms with Gasteiger partial charge in [-0.2, -0.15) is 0 Å². The Kier molecular flexibility index (Phi) is 4.05. The summed E-state index contributed by atoms with van der Waals surface area (Å²) in [7, 11) is 1.79. The number of hydrogen-bond donors (Lipinski definition) is 5. The molecule has 7 N–H and O–H groups in total. The normalized spacial score (nSPS) is 22.9. The number of rotatable bonds is 4. The Morgan fingerprint density at radius 3 is 2.75 bits per heavy atom. The number of aromatic nitrogens is 2. The van der Waals surface area contributed by atoms with Crippen molar-refractivity contribution in [3.05, 3.63) is 11.5 Å². The predicted octanol–water partition coefficient (Wildman–Crippen LogP) is -0.110. The monoisotopic (exact) mass is 278 g/mol. The Hall–Kier alpha value is -1.93. The molecular weight excluding hydrogens is 256 g/mol. The van der Waals surface area contributed by atoms with Crippen LogP contribution in [0.5, 0.6) is 0 Å². The van der Waals surface area contributed by atoms with Crippen molar-refractivity contribution in [3.8, 4) is 0 Å². The third-order valence-corrected chi connectivity index (χ3v) is 2.98. The second kappa shape index (κ2) is 5.59. The fourth-order valence-corrected chi connectivity index (χ4v) is 2.03. The van der Waals surface area contributed by atoms with Crippen LogP contribution in [0, 0.1) is 0 Å². The topological polar surface area (TPSA) is 126 Å². The molecule has 1 aliphatic rings. The summed E-state index contributed by atoms with van der Waals surface area (Å²) in [6.07, 6.45) is 0.961. The van der Waals surface area contributed by atoms with Gasteiger partial charge in [-0.1, -0.05) is 6.92 Å². The van der Waals surface area contributed by atoms with Crippen LogP contribution in [0.3, 0.4) is 0 Å². The molecule has 8 nitrogen and oxygen atoms in total. The van der Waals surface area contributed by atoms with Crippen LogP contribution in [0.4, 0.5) is 11.5 Å². The highest BCUT2D eigenvalue weighted by Gasteiger charge is 2.34. The van der Waals surface area contributed by atoms with Crippen LogP contribution in [0.1, 0.15) is 31.8 Å². The highest BCUT2D eigenvalue weighted by atomic mass is 15.3. The van der Waals surface area contributed by atoms with Gasteiger partial charge in [-0.05, 0) is 13.3 Å². The van der Waals surface area contributed by atoms with Gasteiger partial charge in [-0.25, -0.2) is 9.97 Å². The average Bonchev–Trinajstić information content (AvgIpc) is 2.43. The molecule has 2 rings (SSSR count). The third kappa shape index (κ3) is 2.66. The Bertz CT molecular complexity index is 522. The van der Waals surface area contributed by atoms with Crippen molar-refractivity contribution in [2.75, 3.05) is 24.2 Å². The first-order valence-corrected chi connectivity index (χ1v) is 6.69. The van der Waals surface area contributed by atoms with Gasteiger partial charge in [0.05, 0.1) is 6.54 Å². The molecule has 0 saturated carbocycles. The number of nitrogens with two attached hydrogens (primary N) is 2. The van der Waals surface area contributed by atoms with Gasteiger partial charge < -0.3 is 27.4 Å². The number of anilines is 2. The minimum absolute atomic E-state index is 0.259. The second-order valence-corrected chi connectivity index (χ2v) is 4.85. The van der Waals surface area contributed by atoms with Gasteiger partial charge in [-0.3, -0.25) is 4.99 Å². The molecule has 0 fully saturated rings. The van der Waals surface area contributed by atoms with Gasteiger partial charge >= 0.3 is 0 Å². The molecule has 1 aliphatic heterocycles. The molecule has 1 aromatic heterocycles. The van der Waals surface area contributed by atoms with Gasteiger partial charge in [0.1, 0.15) is 22.9 Å². The lowest BCUT2D eigenvalue weighted by Gasteiger charge is -2.35. The van der Waals surface area contributed by atoms with Crippen molar-refractivity contribution in [1.29, 1.82) is 0 Å². The van der Waals surface area contributed by atoms with E-state index in [1.54, 1.807) is 7.05 Å². The average molecular weight is 278 g/mol. The zero-order chi connectivity index (χ0) is 14.8. The second-order valence-electron chi connectivity index (χ2n) is 4.85. The Morgan fingerprint density at radius 1 is 1.40 bits per heavy atom. The van der Waals surface area contributed by atoms with Crippen LogP contribution in [0.2, 0.25) is 0 Å². The number of fused-ring (bicyclic) bond motifs is 1. The van der Waals surface area contributed by atoms with E-state index >= 15 is 0 Å². The maximum absolute atomic E-state index is 6.31. The summed E-state index contributed by atoms with van der Waals surface area (Å²) in [6, 6.07) is 0. The van der Waals surface area contributed by atoms with Crippen molar-refractivity contribution < 1.29 is 0 Å². The van der Waals surface area contributed by atoms with Crippen LogP contribution < -0.4 is 27.4 Å². The van der Waals surface area contributed by atoms with Crippen LogP contribution in [0.15, 0.2) is 4.99 Å². The van der Waals surface area contributed by atoms with Crippen molar-refractivity contribution >= 4 is 17.5 Å². The fourth-order valence-electron chi connectivity index (χ4n) is 2.03. The van der Waals surface area contributed by atoms with Crippen molar-refractivity contribution in [2.45, 2.75) is 32.5 Å². The number of aliphatic imine (C=N–C) groups is 1. The number of hydrogen-bond acceptors (Lipinski definition) is 6. The van der Waals surface area contributed by atoms with Gasteiger partial charge in [-0.15, -0.1) is 0 Å². The summed E-state index contributed by atoms with van der Waals surface area (Å²) in [5.74, 6) is 1.84. The van der Waals surface area contributed by atoms with Gasteiger partial charge in [0.25, 0.3) is 0 Å². The van der Waals surface area contributed by atoms with E-state index in [1.165, 1.54) is 0 Å². The molecule has 2 heterocycles. The summed E-state index contributed by atoms with van der Waals surface area (Å²) >= 11 is 0. The molecule has 0 bridgehead atoms. The predicted molar refractivity (Wildman–Crippen MR) is 80.4 cm³/mol.